The Labute approximate surface area is 327 Å². The molecule has 0 saturated carbocycles. The maximum absolute atomic E-state index is 14.5. The number of para-hydroxylation sites is 1. The van der Waals surface area contributed by atoms with E-state index in [0.29, 0.717) is 9.80 Å². The summed E-state index contributed by atoms with van der Waals surface area (Å²) in [5.74, 6) is -67.3. The van der Waals surface area contributed by atoms with Crippen molar-refractivity contribution in [2.75, 3.05) is 13.7 Å². The molecule has 2 fully saturated rings. The minimum absolute atomic E-state index is 0.0731. The Morgan fingerprint density at radius 3 is 1.75 bits per heavy atom. The molecule has 3 amide bonds. The van der Waals surface area contributed by atoms with Crippen molar-refractivity contribution in [2.24, 2.45) is 11.8 Å². The molecule has 2 aromatic rings. The molecule has 0 aliphatic carbocycles. The number of likely N-dealkylation sites (tertiary alicyclic amines) is 2. The van der Waals surface area contributed by atoms with Gasteiger partial charge in [-0.15, -0.1) is 0 Å². The molecule has 60 heavy (non-hydrogen) atoms. The van der Waals surface area contributed by atoms with E-state index in [-0.39, 0.29) is 10.6 Å². The Morgan fingerprint density at radius 2 is 1.23 bits per heavy atom. The summed E-state index contributed by atoms with van der Waals surface area (Å²) in [5.41, 5.74) is -1.79. The number of alkyl halides is 17. The number of hydrogen-bond acceptors (Lipinski definition) is 7. The van der Waals surface area contributed by atoms with Crippen LogP contribution in [0, 0.1) is 22.0 Å². The maximum Gasteiger partial charge on any atom is 0.460 e. The summed E-state index contributed by atoms with van der Waals surface area (Å²) in [7, 11) is 0.912. The summed E-state index contributed by atoms with van der Waals surface area (Å²) >= 11 is 6.06. The SMILES string of the molecule is CN1C(=O)[C@@H]2[C@H](C1=O)[C@H](C(=O)OCCCC(F)(F)C(F)(F)C(F)(F)C(F)(F)C(F)(F)C(F)(F)C(F)(F)C(F)(F)F)N(C(=O)c1ccccc1[N+](=O)[O-])[C@@H]2c1cccc(Cl)c1. The largest absolute Gasteiger partial charge is 0.464 e. The Morgan fingerprint density at radius 1 is 0.733 bits per heavy atom. The van der Waals surface area contributed by atoms with Crippen molar-refractivity contribution in [2.45, 2.75) is 72.6 Å². The standard InChI is InChI=1S/C32H21ClF17N3O7/c1-51-22(55)17-18(23(51)56)20(52(19(17)13-6-4-7-14(33)12-13)21(54)15-8-2-3-9-16(15)53(58)59)24(57)60-11-5-10-25(34,35)26(36,37)27(38,39)28(40,41)29(42,43)30(44,45)31(46,47)32(48,49)50/h2-4,6-9,12,17-20H,5,10-11H2,1H3/t17-,18+,19-,20-/m1/s1. The van der Waals surface area contributed by atoms with Crippen LogP contribution in [0.5, 0.6) is 0 Å². The molecule has 2 aliphatic heterocycles. The van der Waals surface area contributed by atoms with E-state index in [9.17, 15) is 104 Å². The zero-order valence-corrected chi connectivity index (χ0v) is 29.8. The molecule has 2 aromatic carbocycles. The number of carbonyl (C=O) groups is 4. The van der Waals surface area contributed by atoms with Crippen molar-refractivity contribution in [3.05, 3.63) is 74.8 Å². The quantitative estimate of drug-likeness (QED) is 0.0466. The van der Waals surface area contributed by atoms with Crippen LogP contribution in [0.25, 0.3) is 0 Å². The van der Waals surface area contributed by atoms with Crippen LogP contribution in [-0.4, -0.2) is 106 Å². The predicted octanol–water partition coefficient (Wildman–Crippen LogP) is 8.38. The third kappa shape index (κ3) is 7.01. The smallest absolute Gasteiger partial charge is 0.460 e. The second-order valence-electron chi connectivity index (χ2n) is 13.1. The van der Waals surface area contributed by atoms with Gasteiger partial charge in [-0.1, -0.05) is 35.9 Å². The number of esters is 1. The fourth-order valence-corrected chi connectivity index (χ4v) is 6.67. The van der Waals surface area contributed by atoms with Crippen molar-refractivity contribution in [3.63, 3.8) is 0 Å². The van der Waals surface area contributed by atoms with E-state index >= 15 is 0 Å². The highest BCUT2D eigenvalue weighted by atomic mass is 35.5. The first kappa shape index (κ1) is 47.7. The molecule has 0 aromatic heterocycles. The van der Waals surface area contributed by atoms with Gasteiger partial charge in [-0.2, -0.15) is 74.6 Å². The van der Waals surface area contributed by atoms with Crippen LogP contribution in [0.15, 0.2) is 48.5 Å². The number of rotatable bonds is 14. The number of hydrogen-bond donors (Lipinski definition) is 0. The van der Waals surface area contributed by atoms with E-state index in [1.165, 1.54) is 18.2 Å². The van der Waals surface area contributed by atoms with Crippen LogP contribution in [0.3, 0.4) is 0 Å². The number of amides is 3. The number of nitro benzene ring substituents is 1. The highest BCUT2D eigenvalue weighted by Gasteiger charge is 2.95. The second kappa shape index (κ2) is 15.2. The van der Waals surface area contributed by atoms with Gasteiger partial charge in [0.15, 0.2) is 0 Å². The fraction of sp³-hybridized carbons (Fsp3) is 0.500. The molecule has 0 unspecified atom stereocenters. The first-order valence-corrected chi connectivity index (χ1v) is 16.5. The lowest BCUT2D eigenvalue weighted by Gasteiger charge is -2.42. The maximum atomic E-state index is 14.5. The molecular formula is C32H21ClF17N3O7. The third-order valence-electron chi connectivity index (χ3n) is 9.56. The number of ether oxygens (including phenoxy) is 1. The van der Waals surface area contributed by atoms with Crippen LogP contribution in [0.2, 0.25) is 5.02 Å². The Hall–Kier alpha value is -4.98. The predicted molar refractivity (Wildman–Crippen MR) is 163 cm³/mol. The topological polar surface area (TPSA) is 127 Å². The molecule has 4 rings (SSSR count). The highest BCUT2D eigenvalue weighted by molar-refractivity contribution is 6.30. The molecule has 10 nitrogen and oxygen atoms in total. The van der Waals surface area contributed by atoms with Crippen LogP contribution < -0.4 is 0 Å². The van der Waals surface area contributed by atoms with Crippen LogP contribution in [0.4, 0.5) is 80.3 Å². The van der Waals surface area contributed by atoms with Crippen molar-refractivity contribution in [1.29, 1.82) is 0 Å². The van der Waals surface area contributed by atoms with E-state index in [1.54, 1.807) is 0 Å². The van der Waals surface area contributed by atoms with Gasteiger partial charge >= 0.3 is 53.6 Å². The van der Waals surface area contributed by atoms with Crippen molar-refractivity contribution in [3.8, 4) is 0 Å². The first-order chi connectivity index (χ1) is 27.1. The molecule has 2 saturated heterocycles. The van der Waals surface area contributed by atoms with Gasteiger partial charge < -0.3 is 9.64 Å². The summed E-state index contributed by atoms with van der Waals surface area (Å²) in [5, 5.41) is 11.7. The molecule has 0 bridgehead atoms. The number of halogens is 18. The summed E-state index contributed by atoms with van der Waals surface area (Å²) in [4.78, 5) is 66.0. The van der Waals surface area contributed by atoms with Gasteiger partial charge in [-0.3, -0.25) is 29.4 Å². The van der Waals surface area contributed by atoms with Gasteiger partial charge in [0.1, 0.15) is 11.6 Å². The number of imide groups is 1. The van der Waals surface area contributed by atoms with Crippen LogP contribution >= 0.6 is 11.6 Å². The van der Waals surface area contributed by atoms with E-state index in [1.807, 2.05) is 0 Å². The van der Waals surface area contributed by atoms with E-state index in [2.05, 4.69) is 4.74 Å². The molecule has 0 radical (unpaired) electrons. The molecule has 28 heteroatoms. The molecule has 0 spiro atoms. The zero-order chi connectivity index (χ0) is 46.1. The van der Waals surface area contributed by atoms with Crippen LogP contribution in [-0.2, 0) is 19.1 Å². The zero-order valence-electron chi connectivity index (χ0n) is 29.1. The van der Waals surface area contributed by atoms with E-state index < -0.39 is 131 Å². The number of nitro groups is 1. The number of fused-ring (bicyclic) bond motifs is 1. The summed E-state index contributed by atoms with van der Waals surface area (Å²) < 4.78 is 237. The van der Waals surface area contributed by atoms with Crippen molar-refractivity contribution >= 4 is 41.0 Å². The fourth-order valence-electron chi connectivity index (χ4n) is 6.47. The number of benzene rings is 2. The molecule has 4 atom stereocenters. The molecule has 2 aliphatic rings. The lowest BCUT2D eigenvalue weighted by Crippen LogP contribution is -2.74. The van der Waals surface area contributed by atoms with Crippen molar-refractivity contribution < 1.29 is 103 Å². The molecule has 332 valence electrons. The van der Waals surface area contributed by atoms with Gasteiger partial charge in [0.2, 0.25) is 11.8 Å². The number of nitrogens with zero attached hydrogens (tertiary/aromatic N) is 3. The van der Waals surface area contributed by atoms with Gasteiger partial charge in [-0.05, 0) is 30.2 Å². The van der Waals surface area contributed by atoms with E-state index in [0.717, 1.165) is 37.4 Å². The summed E-state index contributed by atoms with van der Waals surface area (Å²) in [6.07, 6.45) is -12.8. The molecule has 0 N–H and O–H groups in total. The average molecular weight is 918 g/mol. The van der Waals surface area contributed by atoms with Gasteiger partial charge in [-0.25, -0.2) is 4.79 Å². The summed E-state index contributed by atoms with van der Waals surface area (Å²) in [6, 6.07) is 4.67. The number of carbonyl (C=O) groups excluding carboxylic acids is 4. The Kier molecular flexibility index (Phi) is 12.1. The lowest BCUT2D eigenvalue weighted by atomic mass is 9.86. The van der Waals surface area contributed by atoms with Crippen LogP contribution in [0.1, 0.15) is 34.8 Å². The Balaban J connectivity index is 1.66. The van der Waals surface area contributed by atoms with E-state index in [4.69, 9.17) is 11.6 Å². The lowest BCUT2D eigenvalue weighted by molar-refractivity contribution is -0.461. The van der Waals surface area contributed by atoms with Crippen molar-refractivity contribution in [1.82, 2.24) is 9.80 Å². The minimum Gasteiger partial charge on any atom is -0.464 e. The molecule has 2 heterocycles. The van der Waals surface area contributed by atoms with Gasteiger partial charge in [0.25, 0.3) is 11.6 Å². The minimum atomic E-state index is -8.82. The van der Waals surface area contributed by atoms with Gasteiger partial charge in [0, 0.05) is 24.6 Å². The average Bonchev–Trinajstić information content (AvgIpc) is 3.60. The monoisotopic (exact) mass is 917 g/mol. The Bertz CT molecular complexity index is 2070. The second-order valence-corrected chi connectivity index (χ2v) is 13.6. The molecular weight excluding hydrogens is 897 g/mol. The normalized spacial score (nSPS) is 21.1. The third-order valence-corrected chi connectivity index (χ3v) is 9.80. The summed E-state index contributed by atoms with van der Waals surface area (Å²) in [6.45, 7) is -1.74. The van der Waals surface area contributed by atoms with Gasteiger partial charge in [0.05, 0.1) is 29.4 Å². The highest BCUT2D eigenvalue weighted by Crippen LogP contribution is 2.64. The first-order valence-electron chi connectivity index (χ1n) is 16.1.